The Kier molecular flexibility index (Phi) is 3.65. The molecule has 1 aliphatic carbocycles. The largest absolute Gasteiger partial charge is 0.662 e. The molecule has 13 heavy (non-hydrogen) atoms. The average molecular weight is 255 g/mol. The first kappa shape index (κ1) is 12.1. The quantitative estimate of drug-likeness (QED) is 0.631. The van der Waals surface area contributed by atoms with Crippen LogP contribution >= 0.6 is 0 Å². The summed E-state index contributed by atoms with van der Waals surface area (Å²) in [7, 11) is 0. The first-order chi connectivity index (χ1) is 5.52. The van der Waals surface area contributed by atoms with Crippen LogP contribution in [0.5, 0.6) is 0 Å². The van der Waals surface area contributed by atoms with Crippen molar-refractivity contribution in [2.75, 3.05) is 13.1 Å². The monoisotopic (exact) mass is 255 g/mol. The van der Waals surface area contributed by atoms with Gasteiger partial charge >= 0.3 is 0 Å². The molecule has 0 aromatic heterocycles. The van der Waals surface area contributed by atoms with Gasteiger partial charge < -0.3 is 5.32 Å². The zero-order valence-electron chi connectivity index (χ0n) is 9.14. The van der Waals surface area contributed by atoms with Crippen LogP contribution in [0.4, 0.5) is 0 Å². The van der Waals surface area contributed by atoms with E-state index in [2.05, 4.69) is 26.1 Å². The molecule has 1 saturated heterocycles. The van der Waals surface area contributed by atoms with Gasteiger partial charge in [0.15, 0.2) is 0 Å². The van der Waals surface area contributed by atoms with E-state index in [4.69, 9.17) is 0 Å². The molecule has 1 spiro atoms. The van der Waals surface area contributed by atoms with Gasteiger partial charge in [-0.1, -0.05) is 27.2 Å². The third-order valence-electron chi connectivity index (χ3n) is 3.83. The Bertz CT molecular complexity index is 169. The van der Waals surface area contributed by atoms with Gasteiger partial charge in [-0.2, -0.15) is 0 Å². The van der Waals surface area contributed by atoms with Crippen molar-refractivity contribution in [2.45, 2.75) is 40.0 Å². The van der Waals surface area contributed by atoms with Gasteiger partial charge in [-0.15, -0.1) is 13.1 Å². The Morgan fingerprint density at radius 3 is 2.23 bits per heavy atom. The second-order valence-electron chi connectivity index (χ2n) is 5.83. The minimum atomic E-state index is 0. The molecule has 0 unspecified atom stereocenters. The van der Waals surface area contributed by atoms with Crippen molar-refractivity contribution in [2.24, 2.45) is 16.7 Å². The molecule has 2 rings (SSSR count). The minimum Gasteiger partial charge on any atom is -0.662 e. The van der Waals surface area contributed by atoms with Crippen LogP contribution in [0.1, 0.15) is 40.0 Å². The fourth-order valence-electron chi connectivity index (χ4n) is 2.64. The average Bonchev–Trinajstić information content (AvgIpc) is 2.27. The molecule has 73 valence electrons. The molecule has 0 bridgehead atoms. The molecular weight excluding hydrogens is 235 g/mol. The molecule has 0 amide bonds. The minimum absolute atomic E-state index is 0. The van der Waals surface area contributed by atoms with Gasteiger partial charge in [0.05, 0.1) is 0 Å². The van der Waals surface area contributed by atoms with Gasteiger partial charge in [-0.25, -0.2) is 0 Å². The van der Waals surface area contributed by atoms with Gasteiger partial charge in [-0.05, 0) is 29.6 Å². The van der Waals surface area contributed by atoms with Gasteiger partial charge in [0.1, 0.15) is 0 Å². The maximum atomic E-state index is 4.48. The Hall–Kier alpha value is 1.06. The molecule has 2 aliphatic rings. The smallest absolute Gasteiger partial charge is 0 e. The molecule has 0 N–H and O–H groups in total. The molecule has 1 radical (unpaired) electrons. The summed E-state index contributed by atoms with van der Waals surface area (Å²) in [6.07, 6.45) is 4.26. The van der Waals surface area contributed by atoms with Crippen molar-refractivity contribution in [3.8, 4) is 0 Å². The Morgan fingerprint density at radius 1 is 1.23 bits per heavy atom. The molecule has 1 nitrogen and oxygen atoms in total. The number of hydrogen-bond donors (Lipinski definition) is 0. The van der Waals surface area contributed by atoms with E-state index in [-0.39, 0.29) is 32.7 Å². The molecular formula is C11H20NY-. The SMILES string of the molecule is CC(C)(C)C1CC2(CC[N-]C2)C1.[Y]. The third-order valence-corrected chi connectivity index (χ3v) is 3.83. The molecule has 1 saturated carbocycles. The predicted molar refractivity (Wildman–Crippen MR) is 52.3 cm³/mol. The van der Waals surface area contributed by atoms with Crippen LogP contribution in [0, 0.1) is 16.7 Å². The van der Waals surface area contributed by atoms with Crippen molar-refractivity contribution in [3.63, 3.8) is 0 Å². The van der Waals surface area contributed by atoms with E-state index in [1.165, 1.54) is 25.8 Å². The first-order valence-electron chi connectivity index (χ1n) is 5.15. The van der Waals surface area contributed by atoms with Gasteiger partial charge in [0, 0.05) is 32.7 Å². The zero-order valence-corrected chi connectivity index (χ0v) is 12.0. The van der Waals surface area contributed by atoms with Gasteiger partial charge in [0.2, 0.25) is 0 Å². The van der Waals surface area contributed by atoms with Crippen molar-refractivity contribution >= 4 is 0 Å². The van der Waals surface area contributed by atoms with Crippen LogP contribution in [0.2, 0.25) is 0 Å². The fourth-order valence-corrected chi connectivity index (χ4v) is 2.64. The molecule has 1 heterocycles. The zero-order chi connectivity index (χ0) is 8.82. The number of nitrogens with zero attached hydrogens (tertiary/aromatic N) is 1. The Morgan fingerprint density at radius 2 is 1.85 bits per heavy atom. The van der Waals surface area contributed by atoms with Gasteiger partial charge in [0.25, 0.3) is 0 Å². The van der Waals surface area contributed by atoms with Crippen LogP contribution in [0.15, 0.2) is 0 Å². The van der Waals surface area contributed by atoms with Crippen molar-refractivity contribution in [1.82, 2.24) is 0 Å². The van der Waals surface area contributed by atoms with Crippen molar-refractivity contribution in [3.05, 3.63) is 5.32 Å². The van der Waals surface area contributed by atoms with Crippen LogP contribution in [-0.2, 0) is 32.7 Å². The second kappa shape index (κ2) is 3.91. The van der Waals surface area contributed by atoms with Crippen LogP contribution < -0.4 is 0 Å². The van der Waals surface area contributed by atoms with Gasteiger partial charge in [-0.3, -0.25) is 0 Å². The molecule has 2 heteroatoms. The molecule has 0 aromatic carbocycles. The van der Waals surface area contributed by atoms with E-state index in [1.54, 1.807) is 0 Å². The van der Waals surface area contributed by atoms with E-state index in [9.17, 15) is 0 Å². The predicted octanol–water partition coefficient (Wildman–Crippen LogP) is 3.20. The Labute approximate surface area is 107 Å². The summed E-state index contributed by atoms with van der Waals surface area (Å²) >= 11 is 0. The maximum absolute atomic E-state index is 4.48. The molecule has 2 fully saturated rings. The third kappa shape index (κ3) is 2.35. The summed E-state index contributed by atoms with van der Waals surface area (Å²) in [6.45, 7) is 9.42. The van der Waals surface area contributed by atoms with Crippen molar-refractivity contribution < 1.29 is 32.7 Å². The standard InChI is InChI=1S/C11H20N.Y/c1-10(2,3)9-6-11(7-9)4-5-12-8-11;/h9H,4-8H2,1-3H3;/q-1;. The Balaban J connectivity index is 0.000000845. The fraction of sp³-hybridized carbons (Fsp3) is 1.00. The van der Waals surface area contributed by atoms with Crippen LogP contribution in [0.3, 0.4) is 0 Å². The van der Waals surface area contributed by atoms with E-state index in [0.29, 0.717) is 10.8 Å². The summed E-state index contributed by atoms with van der Waals surface area (Å²) in [5.74, 6) is 0.964. The molecule has 0 aromatic rings. The summed E-state index contributed by atoms with van der Waals surface area (Å²) in [4.78, 5) is 0. The summed E-state index contributed by atoms with van der Waals surface area (Å²) in [5.41, 5.74) is 1.21. The van der Waals surface area contributed by atoms with E-state index in [1.807, 2.05) is 0 Å². The maximum Gasteiger partial charge on any atom is 0 e. The van der Waals surface area contributed by atoms with Crippen LogP contribution in [-0.4, -0.2) is 13.1 Å². The van der Waals surface area contributed by atoms with E-state index < -0.39 is 0 Å². The first-order valence-corrected chi connectivity index (χ1v) is 5.15. The molecule has 0 atom stereocenters. The second-order valence-corrected chi connectivity index (χ2v) is 5.83. The number of hydrogen-bond acceptors (Lipinski definition) is 0. The summed E-state index contributed by atoms with van der Waals surface area (Å²) in [6, 6.07) is 0. The number of rotatable bonds is 0. The van der Waals surface area contributed by atoms with E-state index in [0.717, 1.165) is 12.5 Å². The summed E-state index contributed by atoms with van der Waals surface area (Å²) in [5, 5.41) is 4.48. The normalized spacial score (nSPS) is 38.5. The van der Waals surface area contributed by atoms with Crippen LogP contribution in [0.25, 0.3) is 5.32 Å². The molecule has 1 aliphatic heterocycles. The topological polar surface area (TPSA) is 14.1 Å². The van der Waals surface area contributed by atoms with E-state index >= 15 is 0 Å². The summed E-state index contributed by atoms with van der Waals surface area (Å²) < 4.78 is 0. The van der Waals surface area contributed by atoms with Crippen molar-refractivity contribution in [1.29, 1.82) is 0 Å².